The van der Waals surface area contributed by atoms with Crippen LogP contribution in [0.25, 0.3) is 0 Å². The predicted molar refractivity (Wildman–Crippen MR) is 82.0 cm³/mol. The van der Waals surface area contributed by atoms with Crippen LogP contribution in [0.4, 0.5) is 5.69 Å². The summed E-state index contributed by atoms with van der Waals surface area (Å²) in [5, 5.41) is 7.09. The van der Waals surface area contributed by atoms with Crippen molar-refractivity contribution in [3.05, 3.63) is 22.7 Å². The number of nitrogens with one attached hydrogen (secondary N) is 2. The molecule has 1 heterocycles. The molecule has 0 aromatic heterocycles. The van der Waals surface area contributed by atoms with Gasteiger partial charge in [0.15, 0.2) is 0 Å². The lowest BCUT2D eigenvalue weighted by Gasteiger charge is -2.17. The van der Waals surface area contributed by atoms with E-state index in [9.17, 15) is 4.79 Å². The van der Waals surface area contributed by atoms with Gasteiger partial charge in [0.05, 0.1) is 5.02 Å². The smallest absolute Gasteiger partial charge is 0.246 e. The Hall–Kier alpha value is -0.710. The van der Waals surface area contributed by atoms with Gasteiger partial charge >= 0.3 is 0 Å². The zero-order valence-electron chi connectivity index (χ0n) is 11.6. The van der Waals surface area contributed by atoms with Crippen LogP contribution in [-0.4, -0.2) is 18.2 Å². The van der Waals surface area contributed by atoms with Crippen molar-refractivity contribution in [3.63, 3.8) is 0 Å². The van der Waals surface area contributed by atoms with Crippen LogP contribution in [0.5, 0.6) is 0 Å². The zero-order valence-corrected chi connectivity index (χ0v) is 13.2. The Balaban J connectivity index is 2.31. The molecule has 1 aliphatic rings. The van der Waals surface area contributed by atoms with Crippen LogP contribution < -0.4 is 10.6 Å². The van der Waals surface area contributed by atoms with Crippen molar-refractivity contribution in [2.45, 2.75) is 37.0 Å². The molecule has 0 aliphatic carbocycles. The highest BCUT2D eigenvalue weighted by atomic mass is 35.5. The lowest BCUT2D eigenvalue weighted by atomic mass is 10.1. The summed E-state index contributed by atoms with van der Waals surface area (Å²) in [7, 11) is 1.77. The minimum Gasteiger partial charge on any atom is -0.324 e. The van der Waals surface area contributed by atoms with E-state index in [1.807, 2.05) is 12.1 Å². The molecule has 0 bridgehead atoms. The highest BCUT2D eigenvalue weighted by molar-refractivity contribution is 8.00. The molecule has 5 heteroatoms. The van der Waals surface area contributed by atoms with Crippen LogP contribution in [0.1, 0.15) is 32.4 Å². The standard InChI is InChI=1S/C14H19ClN2OS/c1-7(2)8(3)19-12-6-11-9(5-10(12)15)13(16-4)14(18)17-11/h5-8,13,16H,1-4H3,(H,17,18). The molecular formula is C14H19ClN2OS. The van der Waals surface area contributed by atoms with E-state index in [2.05, 4.69) is 31.4 Å². The third-order valence-corrected chi connectivity index (χ3v) is 5.41. The number of thioether (sulfide) groups is 1. The van der Waals surface area contributed by atoms with E-state index in [1.54, 1.807) is 18.8 Å². The minimum atomic E-state index is -0.297. The number of amides is 1. The Kier molecular flexibility index (Phi) is 4.43. The van der Waals surface area contributed by atoms with Crippen molar-refractivity contribution in [1.29, 1.82) is 0 Å². The first-order valence-electron chi connectivity index (χ1n) is 6.42. The summed E-state index contributed by atoms with van der Waals surface area (Å²) >= 11 is 8.09. The number of benzene rings is 1. The van der Waals surface area contributed by atoms with Gasteiger partial charge in [-0.2, -0.15) is 0 Å². The maximum atomic E-state index is 11.8. The van der Waals surface area contributed by atoms with Gasteiger partial charge in [-0.05, 0) is 25.1 Å². The van der Waals surface area contributed by atoms with E-state index >= 15 is 0 Å². The minimum absolute atomic E-state index is 0.0207. The van der Waals surface area contributed by atoms with E-state index in [1.165, 1.54) is 0 Å². The number of fused-ring (bicyclic) bond motifs is 1. The second-order valence-electron chi connectivity index (χ2n) is 5.15. The van der Waals surface area contributed by atoms with Crippen molar-refractivity contribution >= 4 is 35.0 Å². The van der Waals surface area contributed by atoms with Gasteiger partial charge in [0.1, 0.15) is 6.04 Å². The summed E-state index contributed by atoms with van der Waals surface area (Å²) in [6, 6.07) is 3.58. The fraction of sp³-hybridized carbons (Fsp3) is 0.500. The van der Waals surface area contributed by atoms with Crippen LogP contribution in [0.15, 0.2) is 17.0 Å². The Labute approximate surface area is 123 Å². The highest BCUT2D eigenvalue weighted by Crippen LogP contribution is 2.40. The molecule has 1 aliphatic heterocycles. The molecule has 2 rings (SSSR count). The number of carbonyl (C=O) groups is 1. The van der Waals surface area contributed by atoms with Crippen molar-refractivity contribution in [3.8, 4) is 0 Å². The maximum absolute atomic E-state index is 11.8. The molecule has 104 valence electrons. The fourth-order valence-corrected chi connectivity index (χ4v) is 3.31. The van der Waals surface area contributed by atoms with Gasteiger partial charge in [-0.3, -0.25) is 4.79 Å². The van der Waals surface area contributed by atoms with Crippen LogP contribution in [-0.2, 0) is 4.79 Å². The van der Waals surface area contributed by atoms with Crippen molar-refractivity contribution in [1.82, 2.24) is 5.32 Å². The lowest BCUT2D eigenvalue weighted by molar-refractivity contribution is -0.117. The largest absolute Gasteiger partial charge is 0.324 e. The molecule has 0 saturated heterocycles. The molecule has 1 aromatic carbocycles. The van der Waals surface area contributed by atoms with Gasteiger partial charge in [0.25, 0.3) is 0 Å². The molecule has 0 fully saturated rings. The topological polar surface area (TPSA) is 41.1 Å². The van der Waals surface area contributed by atoms with E-state index in [4.69, 9.17) is 11.6 Å². The first-order valence-corrected chi connectivity index (χ1v) is 7.68. The highest BCUT2D eigenvalue weighted by Gasteiger charge is 2.30. The summed E-state index contributed by atoms with van der Waals surface area (Å²) in [6.45, 7) is 6.57. The van der Waals surface area contributed by atoms with Crippen LogP contribution in [0.3, 0.4) is 0 Å². The third-order valence-electron chi connectivity index (χ3n) is 3.48. The second kappa shape index (κ2) is 5.73. The number of likely N-dealkylation sites (N-methyl/N-ethyl adjacent to an activating group) is 1. The summed E-state index contributed by atoms with van der Waals surface area (Å²) in [6.07, 6.45) is 0. The van der Waals surface area contributed by atoms with Gasteiger partial charge in [0.2, 0.25) is 5.91 Å². The molecule has 2 atom stereocenters. The second-order valence-corrected chi connectivity index (χ2v) is 6.97. The molecule has 2 N–H and O–H groups in total. The molecule has 1 aromatic rings. The van der Waals surface area contributed by atoms with Gasteiger partial charge < -0.3 is 10.6 Å². The van der Waals surface area contributed by atoms with E-state index in [0.29, 0.717) is 16.2 Å². The quantitative estimate of drug-likeness (QED) is 0.833. The predicted octanol–water partition coefficient (Wildman–Crippen LogP) is 3.69. The molecule has 3 nitrogen and oxygen atoms in total. The third kappa shape index (κ3) is 2.91. The summed E-state index contributed by atoms with van der Waals surface area (Å²) in [5.41, 5.74) is 1.80. The Morgan fingerprint density at radius 3 is 2.63 bits per heavy atom. The SMILES string of the molecule is CNC1C(=O)Nc2cc(SC(C)C(C)C)c(Cl)cc21. The van der Waals surface area contributed by atoms with Gasteiger partial charge in [0, 0.05) is 21.4 Å². The lowest BCUT2D eigenvalue weighted by Crippen LogP contribution is -2.23. The Morgan fingerprint density at radius 2 is 2.05 bits per heavy atom. The molecule has 0 spiro atoms. The van der Waals surface area contributed by atoms with E-state index < -0.39 is 0 Å². The number of hydrogen-bond acceptors (Lipinski definition) is 3. The van der Waals surface area contributed by atoms with E-state index in [0.717, 1.165) is 16.1 Å². The van der Waals surface area contributed by atoms with Crippen molar-refractivity contribution in [2.75, 3.05) is 12.4 Å². The Morgan fingerprint density at radius 1 is 1.37 bits per heavy atom. The van der Waals surface area contributed by atoms with Crippen LogP contribution in [0, 0.1) is 5.92 Å². The maximum Gasteiger partial charge on any atom is 0.246 e. The van der Waals surface area contributed by atoms with E-state index in [-0.39, 0.29) is 11.9 Å². The molecule has 19 heavy (non-hydrogen) atoms. The number of anilines is 1. The molecule has 0 radical (unpaired) electrons. The van der Waals surface area contributed by atoms with Gasteiger partial charge in [-0.15, -0.1) is 11.8 Å². The average molecular weight is 299 g/mol. The first kappa shape index (κ1) is 14.7. The van der Waals surface area contributed by atoms with Gasteiger partial charge in [-0.25, -0.2) is 0 Å². The summed E-state index contributed by atoms with van der Waals surface area (Å²) in [5.74, 6) is 0.557. The number of halogens is 1. The number of hydrogen-bond donors (Lipinski definition) is 2. The monoisotopic (exact) mass is 298 g/mol. The van der Waals surface area contributed by atoms with Crippen molar-refractivity contribution in [2.24, 2.45) is 5.92 Å². The molecule has 0 saturated carbocycles. The number of rotatable bonds is 4. The fourth-order valence-electron chi connectivity index (χ4n) is 1.98. The Bertz CT molecular complexity index is 504. The first-order chi connectivity index (χ1) is 8.93. The molecule has 2 unspecified atom stereocenters. The summed E-state index contributed by atoms with van der Waals surface area (Å²) in [4.78, 5) is 12.8. The molecule has 1 amide bonds. The molecular weight excluding hydrogens is 280 g/mol. The van der Waals surface area contributed by atoms with Crippen LogP contribution in [0.2, 0.25) is 5.02 Å². The zero-order chi connectivity index (χ0) is 14.2. The van der Waals surface area contributed by atoms with Crippen molar-refractivity contribution < 1.29 is 4.79 Å². The van der Waals surface area contributed by atoms with Gasteiger partial charge in [-0.1, -0.05) is 32.4 Å². The van der Waals surface area contributed by atoms with Crippen LogP contribution >= 0.6 is 23.4 Å². The average Bonchev–Trinajstić information content (AvgIpc) is 2.64. The normalized spacial score (nSPS) is 19.5. The summed E-state index contributed by atoms with van der Waals surface area (Å²) < 4.78 is 0. The number of carbonyl (C=O) groups excluding carboxylic acids is 1.